The van der Waals surface area contributed by atoms with Gasteiger partial charge in [-0.05, 0) is 12.1 Å². The van der Waals surface area contributed by atoms with E-state index in [-0.39, 0.29) is 12.5 Å². The van der Waals surface area contributed by atoms with Gasteiger partial charge in [-0.15, -0.1) is 0 Å². The number of piperazine rings is 1. The Morgan fingerprint density at radius 3 is 2.32 bits per heavy atom. The van der Waals surface area contributed by atoms with Gasteiger partial charge in [0, 0.05) is 43.9 Å². The molecule has 3 heterocycles. The fourth-order valence-corrected chi connectivity index (χ4v) is 4.03. The van der Waals surface area contributed by atoms with Crippen molar-refractivity contribution in [3.63, 3.8) is 0 Å². The van der Waals surface area contributed by atoms with Crippen LogP contribution < -0.4 is 14.8 Å². The van der Waals surface area contributed by atoms with Gasteiger partial charge in [-0.3, -0.25) is 14.4 Å². The first kappa shape index (κ1) is 20.6. The van der Waals surface area contributed by atoms with Crippen molar-refractivity contribution in [2.45, 2.75) is 5.92 Å². The van der Waals surface area contributed by atoms with Crippen LogP contribution in [0.3, 0.4) is 0 Å². The first-order valence-corrected chi connectivity index (χ1v) is 10.1. The first-order valence-electron chi connectivity index (χ1n) is 10.1. The SMILES string of the molecule is COc1cnc(OC)c2c1C(C(=O)C(=O)N1CCN(C(=O)c3ccccc3)CC1)CN2. The number of amides is 2. The van der Waals surface area contributed by atoms with E-state index < -0.39 is 17.6 Å². The van der Waals surface area contributed by atoms with Crippen LogP contribution in [0.5, 0.6) is 11.6 Å². The normalized spacial score (nSPS) is 17.5. The van der Waals surface area contributed by atoms with Crippen LogP contribution in [0.4, 0.5) is 5.69 Å². The third-order valence-electron chi connectivity index (χ3n) is 5.69. The average Bonchev–Trinajstić information content (AvgIpc) is 3.28. The summed E-state index contributed by atoms with van der Waals surface area (Å²) in [7, 11) is 2.99. The number of carbonyl (C=O) groups excluding carboxylic acids is 3. The molecule has 2 aliphatic rings. The number of fused-ring (bicyclic) bond motifs is 1. The van der Waals surface area contributed by atoms with Gasteiger partial charge in [0.25, 0.3) is 11.8 Å². The second-order valence-electron chi connectivity index (χ2n) is 7.37. The molecule has 2 amide bonds. The molecule has 9 heteroatoms. The summed E-state index contributed by atoms with van der Waals surface area (Å²) in [4.78, 5) is 46.0. The van der Waals surface area contributed by atoms with Crippen molar-refractivity contribution in [2.75, 3.05) is 52.3 Å². The maximum Gasteiger partial charge on any atom is 0.290 e. The molecule has 2 aliphatic heterocycles. The Balaban J connectivity index is 1.44. The lowest BCUT2D eigenvalue weighted by molar-refractivity contribution is -0.146. The Morgan fingerprint density at radius 2 is 1.68 bits per heavy atom. The zero-order chi connectivity index (χ0) is 22.0. The van der Waals surface area contributed by atoms with Crippen LogP contribution in [0, 0.1) is 0 Å². The molecule has 1 atom stereocenters. The number of nitrogens with one attached hydrogen (secondary N) is 1. The number of rotatable bonds is 5. The topological polar surface area (TPSA) is 101 Å². The quantitative estimate of drug-likeness (QED) is 0.719. The van der Waals surface area contributed by atoms with Gasteiger partial charge in [-0.25, -0.2) is 4.98 Å². The number of nitrogens with zero attached hydrogens (tertiary/aromatic N) is 3. The molecule has 0 radical (unpaired) electrons. The molecule has 1 N–H and O–H groups in total. The van der Waals surface area contributed by atoms with Crippen molar-refractivity contribution in [1.82, 2.24) is 14.8 Å². The van der Waals surface area contributed by atoms with Crippen LogP contribution in [0.2, 0.25) is 0 Å². The molecule has 4 rings (SSSR count). The molecule has 1 aromatic carbocycles. The molecule has 1 unspecified atom stereocenters. The molecule has 0 aliphatic carbocycles. The third-order valence-corrected chi connectivity index (χ3v) is 5.69. The number of carbonyl (C=O) groups is 3. The molecular weight excluding hydrogens is 400 g/mol. The van der Waals surface area contributed by atoms with Crippen LogP contribution in [0.1, 0.15) is 21.8 Å². The van der Waals surface area contributed by atoms with Gasteiger partial charge in [0.15, 0.2) is 0 Å². The fraction of sp³-hybridized carbons (Fsp3) is 0.364. The third kappa shape index (κ3) is 3.78. The number of methoxy groups -OCH3 is 2. The standard InChI is InChI=1S/C22H24N4O5/c1-30-16-13-24-20(31-2)18-17(16)15(12-23-18)19(27)22(29)26-10-8-25(9-11-26)21(28)14-6-4-3-5-7-14/h3-7,13,15,23H,8-12H2,1-2H3. The van der Waals surface area contributed by atoms with E-state index in [9.17, 15) is 14.4 Å². The number of anilines is 1. The molecule has 1 saturated heterocycles. The molecule has 0 bridgehead atoms. The predicted molar refractivity (Wildman–Crippen MR) is 113 cm³/mol. The molecule has 31 heavy (non-hydrogen) atoms. The number of hydrogen-bond donors (Lipinski definition) is 1. The molecule has 1 fully saturated rings. The number of pyridine rings is 1. The Labute approximate surface area is 179 Å². The lowest BCUT2D eigenvalue weighted by Gasteiger charge is -2.34. The Kier molecular flexibility index (Phi) is 5.75. The maximum atomic E-state index is 13.1. The molecule has 0 spiro atoms. The second kappa shape index (κ2) is 8.63. The van der Waals surface area contributed by atoms with Crippen LogP contribution >= 0.6 is 0 Å². The molecule has 2 aromatic rings. The van der Waals surface area contributed by atoms with Crippen molar-refractivity contribution >= 4 is 23.3 Å². The molecule has 0 saturated carbocycles. The van der Waals surface area contributed by atoms with E-state index in [0.29, 0.717) is 54.6 Å². The number of ketones is 1. The number of hydrogen-bond acceptors (Lipinski definition) is 7. The van der Waals surface area contributed by atoms with Gasteiger partial charge in [0.05, 0.1) is 26.3 Å². The average molecular weight is 424 g/mol. The van der Waals surface area contributed by atoms with Crippen LogP contribution in [0.15, 0.2) is 36.5 Å². The zero-order valence-electron chi connectivity index (χ0n) is 17.5. The maximum absolute atomic E-state index is 13.1. The summed E-state index contributed by atoms with van der Waals surface area (Å²) >= 11 is 0. The Morgan fingerprint density at radius 1 is 1.00 bits per heavy atom. The van der Waals surface area contributed by atoms with Crippen molar-refractivity contribution in [3.05, 3.63) is 47.7 Å². The number of aromatic nitrogens is 1. The Bertz CT molecular complexity index is 1000. The number of benzene rings is 1. The number of ether oxygens (including phenoxy) is 2. The van der Waals surface area contributed by atoms with E-state index in [2.05, 4.69) is 10.3 Å². The van der Waals surface area contributed by atoms with Crippen molar-refractivity contribution in [3.8, 4) is 11.6 Å². The molecular formula is C22H24N4O5. The number of Topliss-reactive ketones (excluding diaryl/α,β-unsaturated/α-hetero) is 1. The minimum Gasteiger partial charge on any atom is -0.495 e. The highest BCUT2D eigenvalue weighted by Crippen LogP contribution is 2.43. The van der Waals surface area contributed by atoms with Crippen LogP contribution in [0.25, 0.3) is 0 Å². The highest BCUT2D eigenvalue weighted by molar-refractivity contribution is 6.38. The summed E-state index contributed by atoms with van der Waals surface area (Å²) in [5.41, 5.74) is 1.78. The zero-order valence-corrected chi connectivity index (χ0v) is 17.5. The van der Waals surface area contributed by atoms with E-state index in [0.717, 1.165) is 0 Å². The van der Waals surface area contributed by atoms with E-state index in [1.165, 1.54) is 25.3 Å². The van der Waals surface area contributed by atoms with Crippen LogP contribution in [-0.4, -0.2) is 79.3 Å². The predicted octanol–water partition coefficient (Wildman–Crippen LogP) is 1.16. The summed E-state index contributed by atoms with van der Waals surface area (Å²) in [6, 6.07) is 9.03. The smallest absolute Gasteiger partial charge is 0.290 e. The summed E-state index contributed by atoms with van der Waals surface area (Å²) < 4.78 is 10.6. The molecule has 9 nitrogen and oxygen atoms in total. The lowest BCUT2D eigenvalue weighted by atomic mass is 9.95. The Hall–Kier alpha value is -3.62. The van der Waals surface area contributed by atoms with E-state index in [1.54, 1.807) is 17.0 Å². The van der Waals surface area contributed by atoms with Crippen LogP contribution in [-0.2, 0) is 9.59 Å². The first-order chi connectivity index (χ1) is 15.0. The molecule has 162 valence electrons. The summed E-state index contributed by atoms with van der Waals surface area (Å²) in [6.45, 7) is 1.66. The largest absolute Gasteiger partial charge is 0.495 e. The monoisotopic (exact) mass is 424 g/mol. The highest BCUT2D eigenvalue weighted by Gasteiger charge is 2.39. The van der Waals surface area contributed by atoms with Crippen molar-refractivity contribution in [1.29, 1.82) is 0 Å². The van der Waals surface area contributed by atoms with Crippen molar-refractivity contribution < 1.29 is 23.9 Å². The van der Waals surface area contributed by atoms with Gasteiger partial charge in [0.2, 0.25) is 11.7 Å². The fourth-order valence-electron chi connectivity index (χ4n) is 4.03. The van der Waals surface area contributed by atoms with Gasteiger partial charge in [-0.2, -0.15) is 0 Å². The molecule has 1 aromatic heterocycles. The minimum absolute atomic E-state index is 0.0720. The van der Waals surface area contributed by atoms with Crippen molar-refractivity contribution in [2.24, 2.45) is 0 Å². The van der Waals surface area contributed by atoms with Gasteiger partial charge < -0.3 is 24.6 Å². The lowest BCUT2D eigenvalue weighted by Crippen LogP contribution is -2.52. The van der Waals surface area contributed by atoms with Gasteiger partial charge in [-0.1, -0.05) is 18.2 Å². The summed E-state index contributed by atoms with van der Waals surface area (Å²) in [5.74, 6) is -1.03. The van der Waals surface area contributed by atoms with Gasteiger partial charge >= 0.3 is 0 Å². The highest BCUT2D eigenvalue weighted by atomic mass is 16.5. The van der Waals surface area contributed by atoms with E-state index in [4.69, 9.17) is 9.47 Å². The van der Waals surface area contributed by atoms with Gasteiger partial charge in [0.1, 0.15) is 11.4 Å². The van der Waals surface area contributed by atoms with E-state index in [1.807, 2.05) is 18.2 Å². The minimum atomic E-state index is -0.682. The van der Waals surface area contributed by atoms with E-state index >= 15 is 0 Å². The summed E-state index contributed by atoms with van der Waals surface area (Å²) in [5, 5.41) is 3.11. The second-order valence-corrected chi connectivity index (χ2v) is 7.37. The summed E-state index contributed by atoms with van der Waals surface area (Å²) in [6.07, 6.45) is 1.49.